The average molecular weight is 568 g/mol. The van der Waals surface area contributed by atoms with Crippen molar-refractivity contribution in [1.82, 2.24) is 9.97 Å². The lowest BCUT2D eigenvalue weighted by Gasteiger charge is -2.22. The van der Waals surface area contributed by atoms with Crippen molar-refractivity contribution >= 4 is 62.6 Å². The molecule has 0 radical (unpaired) electrons. The van der Waals surface area contributed by atoms with E-state index in [0.717, 1.165) is 44.4 Å². The molecule has 2 aromatic heterocycles. The van der Waals surface area contributed by atoms with Crippen molar-refractivity contribution in [2.45, 2.75) is 12.0 Å². The molecule has 0 bridgehead atoms. The van der Waals surface area contributed by atoms with Crippen LogP contribution in [0.2, 0.25) is 10.0 Å². The maximum Gasteiger partial charge on any atom is 0.226 e. The van der Waals surface area contributed by atoms with Gasteiger partial charge in [-0.1, -0.05) is 71.7 Å². The summed E-state index contributed by atoms with van der Waals surface area (Å²) < 4.78 is 6.17. The lowest BCUT2D eigenvalue weighted by molar-refractivity contribution is -0.119. The molecule has 2 unspecified atom stereocenters. The van der Waals surface area contributed by atoms with E-state index in [1.807, 2.05) is 72.8 Å². The predicted molar refractivity (Wildman–Crippen MR) is 160 cm³/mol. The summed E-state index contributed by atoms with van der Waals surface area (Å²) in [7, 11) is 0. The number of carbonyl (C=O) groups excluding carboxylic acids is 1. The Bertz CT molecular complexity index is 1870. The molecule has 1 amide bonds. The van der Waals surface area contributed by atoms with Crippen molar-refractivity contribution in [1.29, 1.82) is 0 Å². The van der Waals surface area contributed by atoms with Gasteiger partial charge in [-0.15, -0.1) is 0 Å². The van der Waals surface area contributed by atoms with Gasteiger partial charge in [-0.05, 0) is 47.5 Å². The molecular formula is C31H23Cl2N5O2. The minimum Gasteiger partial charge on any atom is -0.455 e. The fraction of sp³-hybridized carbons (Fsp3) is 0.0645. The molecule has 0 spiro atoms. The number of para-hydroxylation sites is 2. The van der Waals surface area contributed by atoms with Crippen LogP contribution < -0.4 is 16.8 Å². The van der Waals surface area contributed by atoms with Crippen LogP contribution in [0.25, 0.3) is 33.2 Å². The molecule has 0 aliphatic rings. The molecule has 2 heterocycles. The maximum atomic E-state index is 12.3. The number of halogens is 2. The lowest BCUT2D eigenvalue weighted by atomic mass is 9.87. The molecule has 0 fully saturated rings. The number of amides is 1. The fourth-order valence-electron chi connectivity index (χ4n) is 4.91. The Hall–Kier alpha value is -4.43. The third-order valence-corrected chi connectivity index (χ3v) is 7.62. The Morgan fingerprint density at radius 1 is 0.825 bits per heavy atom. The smallest absolute Gasteiger partial charge is 0.226 e. The van der Waals surface area contributed by atoms with Gasteiger partial charge in [0.15, 0.2) is 0 Å². The Morgan fingerprint density at radius 2 is 1.57 bits per heavy atom. The minimum atomic E-state index is -0.779. The monoisotopic (exact) mass is 567 g/mol. The first-order valence-corrected chi connectivity index (χ1v) is 13.2. The molecule has 0 saturated carbocycles. The zero-order valence-corrected chi connectivity index (χ0v) is 22.5. The van der Waals surface area contributed by atoms with Crippen LogP contribution in [0, 0.1) is 0 Å². The van der Waals surface area contributed by atoms with Gasteiger partial charge in [-0.2, -0.15) is 0 Å². The molecule has 4 aromatic carbocycles. The van der Waals surface area contributed by atoms with E-state index in [-0.39, 0.29) is 0 Å². The largest absolute Gasteiger partial charge is 0.455 e. The summed E-state index contributed by atoms with van der Waals surface area (Å²) in [6.07, 6.45) is 1.51. The number of aromatic nitrogens is 2. The Labute approximate surface area is 239 Å². The number of furan rings is 1. The number of nitrogens with one attached hydrogen (secondary N) is 1. The van der Waals surface area contributed by atoms with Crippen LogP contribution in [0.3, 0.4) is 0 Å². The van der Waals surface area contributed by atoms with Crippen LogP contribution in [-0.4, -0.2) is 15.9 Å². The molecule has 0 saturated heterocycles. The zero-order valence-electron chi connectivity index (χ0n) is 21.0. The number of primary amides is 1. The van der Waals surface area contributed by atoms with Crippen molar-refractivity contribution in [2.75, 3.05) is 5.32 Å². The fourth-order valence-corrected chi connectivity index (χ4v) is 5.21. The van der Waals surface area contributed by atoms with Crippen LogP contribution in [-0.2, 0) is 4.79 Å². The van der Waals surface area contributed by atoms with Crippen molar-refractivity contribution in [2.24, 2.45) is 11.5 Å². The summed E-state index contributed by atoms with van der Waals surface area (Å²) in [6.45, 7) is 0. The van der Waals surface area contributed by atoms with E-state index in [1.54, 1.807) is 18.2 Å². The van der Waals surface area contributed by atoms with Crippen LogP contribution in [0.1, 0.15) is 23.1 Å². The highest BCUT2D eigenvalue weighted by molar-refractivity contribution is 6.42. The van der Waals surface area contributed by atoms with E-state index in [1.165, 1.54) is 6.33 Å². The van der Waals surface area contributed by atoms with E-state index >= 15 is 0 Å². The molecule has 0 aliphatic carbocycles. The van der Waals surface area contributed by atoms with E-state index in [0.29, 0.717) is 21.4 Å². The standard InChI is InChI=1S/C31H23Cl2N5O2/c32-23-13-10-18(14-24(23)33)28(31(35)39)29(34)17-8-11-19(12-9-17)38-27-15-25(36-16-37-27)22-6-3-5-21-20-4-1-2-7-26(20)40-30(21)22/h1-16,28-29H,34H2,(H2,35,39)(H,36,37,38). The highest BCUT2D eigenvalue weighted by Gasteiger charge is 2.27. The number of rotatable bonds is 7. The van der Waals surface area contributed by atoms with Gasteiger partial charge in [-0.25, -0.2) is 9.97 Å². The molecule has 7 nitrogen and oxygen atoms in total. The molecule has 0 aliphatic heterocycles. The van der Waals surface area contributed by atoms with Crippen molar-refractivity contribution < 1.29 is 9.21 Å². The van der Waals surface area contributed by atoms with Gasteiger partial charge in [0.25, 0.3) is 0 Å². The maximum absolute atomic E-state index is 12.3. The molecule has 9 heteroatoms. The number of benzene rings is 4. The first kappa shape index (κ1) is 25.8. The van der Waals surface area contributed by atoms with Gasteiger partial charge in [0.05, 0.1) is 21.7 Å². The summed E-state index contributed by atoms with van der Waals surface area (Å²) in [4.78, 5) is 21.2. The molecular weight excluding hydrogens is 545 g/mol. The predicted octanol–water partition coefficient (Wildman–Crippen LogP) is 7.36. The summed E-state index contributed by atoms with van der Waals surface area (Å²) >= 11 is 12.2. The minimum absolute atomic E-state index is 0.331. The third-order valence-electron chi connectivity index (χ3n) is 6.88. The molecule has 2 atom stereocenters. The van der Waals surface area contributed by atoms with Crippen LogP contribution in [0.5, 0.6) is 0 Å². The zero-order chi connectivity index (χ0) is 27.8. The highest BCUT2D eigenvalue weighted by Crippen LogP contribution is 2.36. The van der Waals surface area contributed by atoms with Gasteiger partial charge in [0.2, 0.25) is 5.91 Å². The van der Waals surface area contributed by atoms with Gasteiger partial charge in [0, 0.05) is 34.1 Å². The normalized spacial score (nSPS) is 12.9. The number of hydrogen-bond donors (Lipinski definition) is 3. The molecule has 6 rings (SSSR count). The van der Waals surface area contributed by atoms with Crippen molar-refractivity contribution in [3.63, 3.8) is 0 Å². The topological polar surface area (TPSA) is 120 Å². The summed E-state index contributed by atoms with van der Waals surface area (Å²) in [5, 5.41) is 6.12. The quantitative estimate of drug-likeness (QED) is 0.185. The van der Waals surface area contributed by atoms with E-state index in [2.05, 4.69) is 15.3 Å². The number of carbonyl (C=O) groups is 1. The second-order valence-corrected chi connectivity index (χ2v) is 10.2. The van der Waals surface area contributed by atoms with Crippen molar-refractivity contribution in [3.8, 4) is 11.3 Å². The van der Waals surface area contributed by atoms with Crippen LogP contribution >= 0.6 is 23.2 Å². The molecule has 198 valence electrons. The summed E-state index contributed by atoms with van der Waals surface area (Å²) in [5.74, 6) is -0.721. The van der Waals surface area contributed by atoms with Crippen LogP contribution in [0.15, 0.2) is 102 Å². The Morgan fingerprint density at radius 3 is 2.35 bits per heavy atom. The van der Waals surface area contributed by atoms with Crippen molar-refractivity contribution in [3.05, 3.63) is 118 Å². The first-order valence-electron chi connectivity index (χ1n) is 12.5. The second kappa shape index (κ2) is 10.6. The van der Waals surface area contributed by atoms with E-state index in [4.69, 9.17) is 39.1 Å². The average Bonchev–Trinajstić information content (AvgIpc) is 3.34. The molecule has 5 N–H and O–H groups in total. The number of nitrogens with zero attached hydrogens (tertiary/aromatic N) is 2. The number of nitrogens with two attached hydrogens (primary N) is 2. The van der Waals surface area contributed by atoms with E-state index in [9.17, 15) is 4.79 Å². The lowest BCUT2D eigenvalue weighted by Crippen LogP contribution is -2.31. The van der Waals surface area contributed by atoms with E-state index < -0.39 is 17.9 Å². The second-order valence-electron chi connectivity index (χ2n) is 9.40. The van der Waals surface area contributed by atoms with Gasteiger partial charge < -0.3 is 21.2 Å². The molecule has 40 heavy (non-hydrogen) atoms. The van der Waals surface area contributed by atoms with Gasteiger partial charge >= 0.3 is 0 Å². The highest BCUT2D eigenvalue weighted by atomic mass is 35.5. The Balaban J connectivity index is 1.25. The number of anilines is 2. The first-order chi connectivity index (χ1) is 19.4. The van der Waals surface area contributed by atoms with Crippen LogP contribution in [0.4, 0.5) is 11.5 Å². The van der Waals surface area contributed by atoms with Gasteiger partial charge in [0.1, 0.15) is 23.3 Å². The third kappa shape index (κ3) is 4.86. The number of hydrogen-bond acceptors (Lipinski definition) is 6. The van der Waals surface area contributed by atoms with Gasteiger partial charge in [-0.3, -0.25) is 4.79 Å². The number of fused-ring (bicyclic) bond motifs is 3. The molecule has 6 aromatic rings. The SMILES string of the molecule is NC(=O)C(c1ccc(Cl)c(Cl)c1)C(N)c1ccc(Nc2cc(-c3cccc4c3oc3ccccc34)ncn2)cc1. The summed E-state index contributed by atoms with van der Waals surface area (Å²) in [6, 6.07) is 27.5. The summed E-state index contributed by atoms with van der Waals surface area (Å²) in [5.41, 5.74) is 17.5. The Kier molecular flexibility index (Phi) is 6.86.